The Morgan fingerprint density at radius 1 is 1.20 bits per heavy atom. The highest BCUT2D eigenvalue weighted by atomic mass is 16.6. The number of benzene rings is 1. The van der Waals surface area contributed by atoms with Crippen molar-refractivity contribution in [3.05, 3.63) is 72.6 Å². The smallest absolute Gasteiger partial charge is 0.415 e. The standard InChI is InChI=1S/C28H37N5O2/c1-6-20(4)32-15-12-23(13-16-32)17-22-7-9-24(10-8-22)21(5)30-27-29-14-11-26(31-27)33-25(19(2)3)18-35-28(33)34/h6-11,14,19,21,23,25H,1,4,12-13,15-18H2,2-3,5H3,(H,29,30,31)/t21-,25+/m0/s1. The van der Waals surface area contributed by atoms with Crippen LogP contribution in [0.4, 0.5) is 16.6 Å². The summed E-state index contributed by atoms with van der Waals surface area (Å²) in [6.45, 7) is 16.6. The molecule has 2 aliphatic rings. The predicted octanol–water partition coefficient (Wildman–Crippen LogP) is 5.59. The summed E-state index contributed by atoms with van der Waals surface area (Å²) in [5.41, 5.74) is 3.57. The minimum absolute atomic E-state index is 0.0248. The molecule has 0 spiro atoms. The Kier molecular flexibility index (Phi) is 7.73. The summed E-state index contributed by atoms with van der Waals surface area (Å²) in [7, 11) is 0. The van der Waals surface area contributed by atoms with Gasteiger partial charge in [-0.25, -0.2) is 9.78 Å². The second kappa shape index (κ2) is 10.9. The number of carbonyl (C=O) groups excluding carboxylic acids is 1. The number of carbonyl (C=O) groups is 1. The monoisotopic (exact) mass is 475 g/mol. The minimum Gasteiger partial charge on any atom is -0.447 e. The van der Waals surface area contributed by atoms with Crippen LogP contribution in [0.2, 0.25) is 0 Å². The van der Waals surface area contributed by atoms with E-state index in [2.05, 4.69) is 78.4 Å². The van der Waals surface area contributed by atoms with E-state index in [9.17, 15) is 4.79 Å². The van der Waals surface area contributed by atoms with Crippen molar-refractivity contribution < 1.29 is 9.53 Å². The zero-order valence-electron chi connectivity index (χ0n) is 21.1. The number of amides is 1. The molecule has 3 heterocycles. The van der Waals surface area contributed by atoms with Crippen molar-refractivity contribution in [2.24, 2.45) is 11.8 Å². The normalized spacial score (nSPS) is 19.5. The first kappa shape index (κ1) is 24.8. The van der Waals surface area contributed by atoms with Crippen LogP contribution in [0.15, 0.2) is 61.5 Å². The lowest BCUT2D eigenvalue weighted by Crippen LogP contribution is -2.37. The van der Waals surface area contributed by atoms with Gasteiger partial charge in [-0.3, -0.25) is 4.90 Å². The van der Waals surface area contributed by atoms with Crippen molar-refractivity contribution in [3.8, 4) is 0 Å². The molecular weight excluding hydrogens is 438 g/mol. The Morgan fingerprint density at radius 3 is 2.57 bits per heavy atom. The van der Waals surface area contributed by atoms with Crippen molar-refractivity contribution in [2.75, 3.05) is 29.9 Å². The Hall–Kier alpha value is -3.35. The largest absolute Gasteiger partial charge is 0.447 e. The number of allylic oxidation sites excluding steroid dienone is 1. The number of piperidine rings is 1. The van der Waals surface area contributed by atoms with Gasteiger partial charge >= 0.3 is 6.09 Å². The molecule has 0 unspecified atom stereocenters. The molecule has 2 aromatic rings. The molecule has 2 saturated heterocycles. The number of hydrogen-bond donors (Lipinski definition) is 1. The van der Waals surface area contributed by atoms with Gasteiger partial charge in [0.25, 0.3) is 0 Å². The molecule has 4 rings (SSSR count). The lowest BCUT2D eigenvalue weighted by atomic mass is 9.89. The van der Waals surface area contributed by atoms with Crippen LogP contribution in [-0.2, 0) is 11.2 Å². The molecule has 0 aliphatic carbocycles. The van der Waals surface area contributed by atoms with Crippen molar-refractivity contribution >= 4 is 17.9 Å². The fourth-order valence-corrected chi connectivity index (χ4v) is 4.85. The zero-order valence-corrected chi connectivity index (χ0v) is 21.1. The van der Waals surface area contributed by atoms with Crippen LogP contribution in [0.3, 0.4) is 0 Å². The van der Waals surface area contributed by atoms with E-state index in [-0.39, 0.29) is 24.1 Å². The van der Waals surface area contributed by atoms with Gasteiger partial charge in [0.2, 0.25) is 5.95 Å². The first-order valence-corrected chi connectivity index (χ1v) is 12.6. The van der Waals surface area contributed by atoms with Crippen LogP contribution >= 0.6 is 0 Å². The van der Waals surface area contributed by atoms with Crippen LogP contribution < -0.4 is 10.2 Å². The first-order chi connectivity index (χ1) is 16.9. The average molecular weight is 476 g/mol. The van der Waals surface area contributed by atoms with Crippen molar-refractivity contribution in [2.45, 2.75) is 52.1 Å². The van der Waals surface area contributed by atoms with Crippen LogP contribution in [0, 0.1) is 11.8 Å². The van der Waals surface area contributed by atoms with E-state index in [1.165, 1.54) is 24.0 Å². The van der Waals surface area contributed by atoms with Crippen LogP contribution in [0.25, 0.3) is 0 Å². The van der Waals surface area contributed by atoms with Crippen molar-refractivity contribution in [3.63, 3.8) is 0 Å². The summed E-state index contributed by atoms with van der Waals surface area (Å²) in [6.07, 6.45) is 6.64. The summed E-state index contributed by atoms with van der Waals surface area (Å²) in [5, 5.41) is 3.38. The van der Waals surface area contributed by atoms with Crippen LogP contribution in [0.5, 0.6) is 0 Å². The fraction of sp³-hybridized carbons (Fsp3) is 0.464. The molecule has 1 aromatic carbocycles. The quantitative estimate of drug-likeness (QED) is 0.477. The average Bonchev–Trinajstić information content (AvgIpc) is 3.26. The maximum absolute atomic E-state index is 12.3. The Morgan fingerprint density at radius 2 is 1.91 bits per heavy atom. The molecule has 7 heteroatoms. The van der Waals surface area contributed by atoms with Crippen molar-refractivity contribution in [1.82, 2.24) is 14.9 Å². The maximum Gasteiger partial charge on any atom is 0.415 e. The molecule has 0 bridgehead atoms. The van der Waals surface area contributed by atoms with Crippen LogP contribution in [0.1, 0.15) is 50.8 Å². The molecule has 0 radical (unpaired) electrons. The fourth-order valence-electron chi connectivity index (χ4n) is 4.85. The summed E-state index contributed by atoms with van der Waals surface area (Å²) in [6, 6.07) is 10.6. The van der Waals surface area contributed by atoms with E-state index >= 15 is 0 Å². The number of nitrogens with zero attached hydrogens (tertiary/aromatic N) is 4. The topological polar surface area (TPSA) is 70.6 Å². The van der Waals surface area contributed by atoms with Gasteiger partial charge < -0.3 is 15.0 Å². The Balaban J connectivity index is 1.35. The summed E-state index contributed by atoms with van der Waals surface area (Å²) in [5.74, 6) is 2.03. The second-order valence-electron chi connectivity index (χ2n) is 9.93. The number of cyclic esters (lactones) is 1. The molecule has 1 N–H and O–H groups in total. The number of aromatic nitrogens is 2. The molecule has 2 fully saturated rings. The molecule has 1 aromatic heterocycles. The highest BCUT2D eigenvalue weighted by molar-refractivity contribution is 5.89. The third kappa shape index (κ3) is 5.84. The summed E-state index contributed by atoms with van der Waals surface area (Å²) < 4.78 is 5.27. The number of nitrogens with one attached hydrogen (secondary N) is 1. The Labute approximate surface area is 208 Å². The van der Waals surface area contributed by atoms with Crippen LogP contribution in [-0.4, -0.2) is 46.7 Å². The maximum atomic E-state index is 12.3. The highest BCUT2D eigenvalue weighted by Crippen LogP contribution is 2.28. The van der Waals surface area contributed by atoms with E-state index < -0.39 is 0 Å². The molecule has 2 aliphatic heterocycles. The van der Waals surface area contributed by atoms with Gasteiger partial charge in [-0.15, -0.1) is 0 Å². The van der Waals surface area contributed by atoms with Gasteiger partial charge in [-0.2, -0.15) is 4.98 Å². The van der Waals surface area contributed by atoms with E-state index in [4.69, 9.17) is 4.74 Å². The number of anilines is 2. The Bertz CT molecular complexity index is 1040. The third-order valence-corrected chi connectivity index (χ3v) is 7.17. The minimum atomic E-state index is -0.353. The number of rotatable bonds is 9. The van der Waals surface area contributed by atoms with E-state index in [0.717, 1.165) is 25.2 Å². The molecule has 0 saturated carbocycles. The predicted molar refractivity (Wildman–Crippen MR) is 140 cm³/mol. The van der Waals surface area contributed by atoms with E-state index in [0.29, 0.717) is 24.3 Å². The molecule has 186 valence electrons. The van der Waals surface area contributed by atoms with Gasteiger partial charge in [0.1, 0.15) is 12.4 Å². The van der Waals surface area contributed by atoms with Crippen molar-refractivity contribution in [1.29, 1.82) is 0 Å². The summed E-state index contributed by atoms with van der Waals surface area (Å²) >= 11 is 0. The van der Waals surface area contributed by atoms with E-state index in [1.54, 1.807) is 17.2 Å². The van der Waals surface area contributed by atoms with Gasteiger partial charge in [0, 0.05) is 25.0 Å². The van der Waals surface area contributed by atoms with Gasteiger partial charge in [-0.05, 0) is 61.3 Å². The molecule has 35 heavy (non-hydrogen) atoms. The molecule has 2 atom stereocenters. The lowest BCUT2D eigenvalue weighted by Gasteiger charge is -2.34. The first-order valence-electron chi connectivity index (χ1n) is 12.6. The number of hydrogen-bond acceptors (Lipinski definition) is 6. The van der Waals surface area contributed by atoms with Gasteiger partial charge in [0.05, 0.1) is 12.1 Å². The van der Waals surface area contributed by atoms with E-state index in [1.807, 2.05) is 6.08 Å². The van der Waals surface area contributed by atoms with Gasteiger partial charge in [-0.1, -0.05) is 51.3 Å². The molecule has 1 amide bonds. The number of ether oxygens (including phenoxy) is 1. The SMILES string of the molecule is C=CC(=C)N1CCC(Cc2ccc([C@H](C)Nc3nccc(N4C(=O)OC[C@@H]4C(C)C)n3)cc2)CC1. The lowest BCUT2D eigenvalue weighted by molar-refractivity contribution is 0.177. The number of likely N-dealkylation sites (tertiary alicyclic amines) is 1. The molecular formula is C28H37N5O2. The zero-order chi connectivity index (χ0) is 24.9. The highest BCUT2D eigenvalue weighted by Gasteiger charge is 2.37. The molecule has 7 nitrogen and oxygen atoms in total. The summed E-state index contributed by atoms with van der Waals surface area (Å²) in [4.78, 5) is 25.2. The third-order valence-electron chi connectivity index (χ3n) is 7.17. The second-order valence-corrected chi connectivity index (χ2v) is 9.93. The van der Waals surface area contributed by atoms with Gasteiger partial charge in [0.15, 0.2) is 0 Å².